The van der Waals surface area contributed by atoms with E-state index >= 15 is 0 Å². The average Bonchev–Trinajstić information content (AvgIpc) is 2.91. The molecule has 6 nitrogen and oxygen atoms in total. The van der Waals surface area contributed by atoms with Gasteiger partial charge in [-0.1, -0.05) is 56.3 Å². The van der Waals surface area contributed by atoms with Crippen LogP contribution in [0.1, 0.15) is 37.8 Å². The Morgan fingerprint density at radius 2 is 1.71 bits per heavy atom. The highest BCUT2D eigenvalue weighted by molar-refractivity contribution is 6.07. The topological polar surface area (TPSA) is 78.9 Å². The Bertz CT molecular complexity index is 835. The Morgan fingerprint density at radius 1 is 1.07 bits per heavy atom. The van der Waals surface area contributed by atoms with Crippen molar-refractivity contribution in [2.24, 2.45) is 0 Å². The number of carbonyl (C=O) groups is 2. The molecule has 2 aromatic rings. The Morgan fingerprint density at radius 3 is 2.32 bits per heavy atom. The minimum atomic E-state index is -1.15. The molecule has 0 aliphatic carbocycles. The fourth-order valence-corrected chi connectivity index (χ4v) is 3.23. The predicted octanol–water partition coefficient (Wildman–Crippen LogP) is 3.02. The summed E-state index contributed by atoms with van der Waals surface area (Å²) in [6.45, 7) is 5.74. The SMILES string of the molecule is CC(C)c1ccc([C@@]2(C)NC(=O)N(C[C@@H](O)COc3ccccc3)C2=O)cc1. The van der Waals surface area contributed by atoms with Crippen molar-refractivity contribution in [1.29, 1.82) is 0 Å². The number of carbonyl (C=O) groups excluding carboxylic acids is 2. The summed E-state index contributed by atoms with van der Waals surface area (Å²) in [7, 11) is 0. The van der Waals surface area contributed by atoms with Gasteiger partial charge in [0.15, 0.2) is 0 Å². The maximum atomic E-state index is 13.0. The van der Waals surface area contributed by atoms with Crippen LogP contribution in [0.25, 0.3) is 0 Å². The molecule has 0 saturated carbocycles. The van der Waals surface area contributed by atoms with Crippen molar-refractivity contribution in [3.05, 3.63) is 65.7 Å². The quantitative estimate of drug-likeness (QED) is 0.722. The summed E-state index contributed by atoms with van der Waals surface area (Å²) < 4.78 is 5.50. The summed E-state index contributed by atoms with van der Waals surface area (Å²) in [4.78, 5) is 26.4. The van der Waals surface area contributed by atoms with Crippen LogP contribution >= 0.6 is 0 Å². The number of amides is 3. The molecule has 0 radical (unpaired) electrons. The number of hydrogen-bond acceptors (Lipinski definition) is 4. The van der Waals surface area contributed by atoms with Gasteiger partial charge in [0.05, 0.1) is 6.54 Å². The highest BCUT2D eigenvalue weighted by Crippen LogP contribution is 2.30. The Balaban J connectivity index is 1.66. The molecule has 1 aliphatic heterocycles. The molecule has 2 aromatic carbocycles. The van der Waals surface area contributed by atoms with E-state index < -0.39 is 17.7 Å². The van der Waals surface area contributed by atoms with Crippen molar-refractivity contribution in [2.45, 2.75) is 38.3 Å². The molecule has 0 spiro atoms. The number of imide groups is 1. The van der Waals surface area contributed by atoms with Gasteiger partial charge in [0.25, 0.3) is 5.91 Å². The van der Waals surface area contributed by atoms with E-state index in [1.807, 2.05) is 42.5 Å². The fourth-order valence-electron chi connectivity index (χ4n) is 3.23. The van der Waals surface area contributed by atoms with Crippen molar-refractivity contribution < 1.29 is 19.4 Å². The van der Waals surface area contributed by atoms with Gasteiger partial charge in [0, 0.05) is 0 Å². The molecule has 2 N–H and O–H groups in total. The first-order chi connectivity index (χ1) is 13.3. The number of ether oxygens (including phenoxy) is 1. The maximum Gasteiger partial charge on any atom is 0.325 e. The van der Waals surface area contributed by atoms with Crippen molar-refractivity contribution in [3.63, 3.8) is 0 Å². The van der Waals surface area contributed by atoms with Crippen LogP contribution in [0.15, 0.2) is 54.6 Å². The van der Waals surface area contributed by atoms with Gasteiger partial charge in [-0.3, -0.25) is 9.69 Å². The highest BCUT2D eigenvalue weighted by Gasteiger charge is 2.49. The molecule has 1 aliphatic rings. The van der Waals surface area contributed by atoms with E-state index in [-0.39, 0.29) is 19.1 Å². The van der Waals surface area contributed by atoms with E-state index in [4.69, 9.17) is 4.74 Å². The van der Waals surface area contributed by atoms with E-state index in [1.54, 1.807) is 19.1 Å². The van der Waals surface area contributed by atoms with Gasteiger partial charge in [-0.2, -0.15) is 0 Å². The number of aliphatic hydroxyl groups excluding tert-OH is 1. The zero-order valence-electron chi connectivity index (χ0n) is 16.4. The summed E-state index contributed by atoms with van der Waals surface area (Å²) in [6, 6.07) is 16.2. The normalized spacial score (nSPS) is 20.4. The second-order valence-electron chi connectivity index (χ2n) is 7.53. The number of urea groups is 1. The summed E-state index contributed by atoms with van der Waals surface area (Å²) in [5, 5.41) is 13.0. The van der Waals surface area contributed by atoms with E-state index in [2.05, 4.69) is 19.2 Å². The molecular formula is C22H26N2O4. The Hall–Kier alpha value is -2.86. The smallest absolute Gasteiger partial charge is 0.325 e. The molecule has 0 aromatic heterocycles. The molecule has 148 valence electrons. The largest absolute Gasteiger partial charge is 0.491 e. The van der Waals surface area contributed by atoms with E-state index in [0.717, 1.165) is 10.5 Å². The van der Waals surface area contributed by atoms with E-state index in [0.29, 0.717) is 17.2 Å². The molecule has 0 unspecified atom stereocenters. The first kappa shape index (κ1) is 19.9. The molecular weight excluding hydrogens is 356 g/mol. The first-order valence-electron chi connectivity index (χ1n) is 9.41. The summed E-state index contributed by atoms with van der Waals surface area (Å²) >= 11 is 0. The van der Waals surface area contributed by atoms with Crippen LogP contribution in [-0.2, 0) is 10.3 Å². The van der Waals surface area contributed by atoms with E-state index in [9.17, 15) is 14.7 Å². The molecule has 3 rings (SSSR count). The number of benzene rings is 2. The number of rotatable bonds is 7. The number of aliphatic hydroxyl groups is 1. The lowest BCUT2D eigenvalue weighted by Crippen LogP contribution is -2.42. The third-order valence-corrected chi connectivity index (χ3v) is 5.01. The van der Waals surface area contributed by atoms with Gasteiger partial charge in [0.1, 0.15) is 24.0 Å². The standard InChI is InChI=1S/C22H26N2O4/c1-15(2)16-9-11-17(12-10-16)22(3)20(26)24(21(27)23-22)13-18(25)14-28-19-7-5-4-6-8-19/h4-12,15,18,25H,13-14H2,1-3H3,(H,23,27)/t18-,22-/m1/s1. The van der Waals surface area contributed by atoms with Gasteiger partial charge in [-0.05, 0) is 36.1 Å². The Labute approximate surface area is 165 Å². The number of para-hydroxylation sites is 1. The zero-order chi connectivity index (χ0) is 20.3. The molecule has 2 atom stereocenters. The van der Waals surface area contributed by atoms with Gasteiger partial charge in [-0.25, -0.2) is 4.79 Å². The summed E-state index contributed by atoms with van der Waals surface area (Å²) in [6.07, 6.45) is -0.986. The van der Waals surface area contributed by atoms with E-state index in [1.165, 1.54) is 0 Å². The number of hydrogen-bond donors (Lipinski definition) is 2. The molecule has 6 heteroatoms. The van der Waals surface area contributed by atoms with Crippen molar-refractivity contribution in [1.82, 2.24) is 10.2 Å². The van der Waals surface area contributed by atoms with Crippen molar-refractivity contribution in [3.8, 4) is 5.75 Å². The number of nitrogens with one attached hydrogen (secondary N) is 1. The van der Waals surface area contributed by atoms with Gasteiger partial charge in [0.2, 0.25) is 0 Å². The zero-order valence-corrected chi connectivity index (χ0v) is 16.4. The molecule has 1 heterocycles. The minimum absolute atomic E-state index is 0.0130. The summed E-state index contributed by atoms with van der Waals surface area (Å²) in [5.41, 5.74) is 0.731. The third kappa shape index (κ3) is 4.02. The van der Waals surface area contributed by atoms with Crippen LogP contribution in [0.2, 0.25) is 0 Å². The lowest BCUT2D eigenvalue weighted by atomic mass is 9.90. The molecule has 1 fully saturated rings. The number of nitrogens with zero attached hydrogens (tertiary/aromatic N) is 1. The van der Waals surface area contributed by atoms with Gasteiger partial charge >= 0.3 is 6.03 Å². The van der Waals surface area contributed by atoms with Crippen LogP contribution in [0.3, 0.4) is 0 Å². The van der Waals surface area contributed by atoms with Crippen molar-refractivity contribution >= 4 is 11.9 Å². The lowest BCUT2D eigenvalue weighted by molar-refractivity contribution is -0.132. The second-order valence-corrected chi connectivity index (χ2v) is 7.53. The van der Waals surface area contributed by atoms with Crippen LogP contribution < -0.4 is 10.1 Å². The minimum Gasteiger partial charge on any atom is -0.491 e. The van der Waals surface area contributed by atoms with Gasteiger partial charge in [-0.15, -0.1) is 0 Å². The number of β-amino-alcohol motifs (C(OH)–C–C–N with tert-alkyl or cyclic N) is 1. The predicted molar refractivity (Wildman–Crippen MR) is 106 cm³/mol. The first-order valence-corrected chi connectivity index (χ1v) is 9.41. The Kier molecular flexibility index (Phi) is 5.70. The van der Waals surface area contributed by atoms with Crippen molar-refractivity contribution in [2.75, 3.05) is 13.2 Å². The lowest BCUT2D eigenvalue weighted by Gasteiger charge is -2.23. The van der Waals surface area contributed by atoms with Crippen LogP contribution in [0.4, 0.5) is 4.79 Å². The molecule has 0 bridgehead atoms. The summed E-state index contributed by atoms with van der Waals surface area (Å²) in [5.74, 6) is 0.620. The maximum absolute atomic E-state index is 13.0. The van der Waals surface area contributed by atoms with Crippen LogP contribution in [-0.4, -0.2) is 41.2 Å². The van der Waals surface area contributed by atoms with Gasteiger partial charge < -0.3 is 15.2 Å². The molecule has 3 amide bonds. The highest BCUT2D eigenvalue weighted by atomic mass is 16.5. The molecule has 1 saturated heterocycles. The fraction of sp³-hybridized carbons (Fsp3) is 0.364. The van der Waals surface area contributed by atoms with Crippen LogP contribution in [0, 0.1) is 0 Å². The monoisotopic (exact) mass is 382 g/mol. The second kappa shape index (κ2) is 8.02. The average molecular weight is 382 g/mol. The van der Waals surface area contributed by atoms with Crippen LogP contribution in [0.5, 0.6) is 5.75 Å². The molecule has 28 heavy (non-hydrogen) atoms. The third-order valence-electron chi connectivity index (χ3n) is 5.01.